The first kappa shape index (κ1) is 18.0. The lowest BCUT2D eigenvalue weighted by Gasteiger charge is -2.38. The molecule has 9 heteroatoms. The van der Waals surface area contributed by atoms with Gasteiger partial charge in [-0.15, -0.1) is 17.7 Å². The van der Waals surface area contributed by atoms with Crippen LogP contribution in [0, 0.1) is 0 Å². The molecule has 2 unspecified atom stereocenters. The highest BCUT2D eigenvalue weighted by atomic mass is 32.1. The van der Waals surface area contributed by atoms with Crippen molar-refractivity contribution in [2.24, 2.45) is 5.10 Å². The van der Waals surface area contributed by atoms with E-state index in [-0.39, 0.29) is 12.3 Å². The number of nitrogens with zero attached hydrogens (tertiary/aromatic N) is 3. The minimum atomic E-state index is -0.176. The molecule has 3 rings (SSSR count). The highest BCUT2D eigenvalue weighted by Crippen LogP contribution is 2.41. The number of rotatable bonds is 5. The smallest absolute Gasteiger partial charge is 0.203 e. The van der Waals surface area contributed by atoms with Crippen LogP contribution < -0.4 is 24.8 Å². The van der Waals surface area contributed by atoms with E-state index in [0.29, 0.717) is 22.4 Å². The molecule has 0 saturated carbocycles. The largest absolute Gasteiger partial charge is 0.493 e. The van der Waals surface area contributed by atoms with Crippen LogP contribution >= 0.6 is 12.6 Å². The van der Waals surface area contributed by atoms with E-state index in [0.717, 1.165) is 25.2 Å². The van der Waals surface area contributed by atoms with E-state index in [1.54, 1.807) is 21.3 Å². The molecule has 2 aliphatic heterocycles. The average Bonchev–Trinajstić information content (AvgIpc) is 3.02. The Morgan fingerprint density at radius 3 is 2.40 bits per heavy atom. The summed E-state index contributed by atoms with van der Waals surface area (Å²) in [5, 5.41) is 13.9. The van der Waals surface area contributed by atoms with Gasteiger partial charge in [0.15, 0.2) is 16.7 Å². The summed E-state index contributed by atoms with van der Waals surface area (Å²) in [5.74, 6) is 1.79. The van der Waals surface area contributed by atoms with Crippen molar-refractivity contribution in [2.75, 3.05) is 48.0 Å². The fraction of sp³-hybridized carbons (Fsp3) is 0.562. The third-order valence-corrected chi connectivity index (χ3v) is 4.64. The van der Waals surface area contributed by atoms with Crippen LogP contribution in [0.25, 0.3) is 0 Å². The van der Waals surface area contributed by atoms with Crippen LogP contribution in [0.5, 0.6) is 17.2 Å². The van der Waals surface area contributed by atoms with E-state index in [2.05, 4.69) is 40.3 Å². The third-order valence-electron chi connectivity index (χ3n) is 4.42. The number of piperazine rings is 1. The predicted octanol–water partition coefficient (Wildman–Crippen LogP) is 0.678. The number of thiol groups is 1. The number of methoxy groups -OCH3 is 3. The van der Waals surface area contributed by atoms with Crippen molar-refractivity contribution in [1.82, 2.24) is 20.5 Å². The summed E-state index contributed by atoms with van der Waals surface area (Å²) < 4.78 is 16.4. The van der Waals surface area contributed by atoms with Gasteiger partial charge in [-0.05, 0) is 19.2 Å². The van der Waals surface area contributed by atoms with E-state index >= 15 is 0 Å². The molecule has 2 aliphatic rings. The van der Waals surface area contributed by atoms with Gasteiger partial charge in [-0.2, -0.15) is 0 Å². The Bertz CT molecular complexity index is 632. The molecule has 0 aliphatic carbocycles. The van der Waals surface area contributed by atoms with Crippen LogP contribution in [0.3, 0.4) is 0 Å². The van der Waals surface area contributed by atoms with E-state index in [9.17, 15) is 0 Å². The predicted molar refractivity (Wildman–Crippen MR) is 99.5 cm³/mol. The summed E-state index contributed by atoms with van der Waals surface area (Å²) in [7, 11) is 6.92. The van der Waals surface area contributed by atoms with Crippen molar-refractivity contribution in [1.29, 1.82) is 0 Å². The zero-order valence-corrected chi connectivity index (χ0v) is 15.8. The summed E-state index contributed by atoms with van der Waals surface area (Å²) in [4.78, 5) is 2.28. The number of hydrogen-bond acceptors (Lipinski definition) is 8. The SMILES string of the molecule is COc1cc(C2NC(S)=NN2C2CN(C)CCN2)cc(OC)c1OC. The number of amidine groups is 1. The molecule has 0 bridgehead atoms. The van der Waals surface area contributed by atoms with Crippen LogP contribution in [-0.2, 0) is 0 Å². The molecule has 1 fully saturated rings. The van der Waals surface area contributed by atoms with Gasteiger partial charge in [0.05, 0.1) is 21.3 Å². The number of benzene rings is 1. The lowest BCUT2D eigenvalue weighted by Crippen LogP contribution is -2.56. The summed E-state index contributed by atoms with van der Waals surface area (Å²) >= 11 is 4.41. The summed E-state index contributed by atoms with van der Waals surface area (Å²) in [6, 6.07) is 3.86. The molecule has 25 heavy (non-hydrogen) atoms. The lowest BCUT2D eigenvalue weighted by molar-refractivity contribution is 0.0688. The number of hydrogen-bond donors (Lipinski definition) is 3. The van der Waals surface area contributed by atoms with Gasteiger partial charge in [0.1, 0.15) is 12.3 Å². The van der Waals surface area contributed by atoms with Crippen molar-refractivity contribution in [3.8, 4) is 17.2 Å². The molecule has 2 heterocycles. The van der Waals surface area contributed by atoms with Crippen molar-refractivity contribution >= 4 is 17.8 Å². The Balaban J connectivity index is 1.94. The van der Waals surface area contributed by atoms with Crippen molar-refractivity contribution in [3.05, 3.63) is 17.7 Å². The van der Waals surface area contributed by atoms with Crippen molar-refractivity contribution in [3.63, 3.8) is 0 Å². The fourth-order valence-corrected chi connectivity index (χ4v) is 3.41. The van der Waals surface area contributed by atoms with E-state index in [4.69, 9.17) is 14.2 Å². The molecule has 0 aromatic heterocycles. The number of hydrazone groups is 1. The van der Waals surface area contributed by atoms with Crippen LogP contribution in [0.1, 0.15) is 11.7 Å². The Labute approximate surface area is 153 Å². The minimum absolute atomic E-state index is 0.0833. The molecule has 0 amide bonds. The normalized spacial score (nSPS) is 23.9. The zero-order valence-electron chi connectivity index (χ0n) is 14.9. The Morgan fingerprint density at radius 2 is 1.84 bits per heavy atom. The van der Waals surface area contributed by atoms with Crippen LogP contribution in [0.4, 0.5) is 0 Å². The van der Waals surface area contributed by atoms with Gasteiger partial charge in [-0.25, -0.2) is 5.01 Å². The molecular weight excluding hydrogens is 342 g/mol. The summed E-state index contributed by atoms with van der Waals surface area (Å²) in [6.45, 7) is 2.80. The second-order valence-electron chi connectivity index (χ2n) is 6.04. The molecule has 0 radical (unpaired) electrons. The first-order chi connectivity index (χ1) is 12.1. The maximum Gasteiger partial charge on any atom is 0.203 e. The molecule has 1 aromatic carbocycles. The van der Waals surface area contributed by atoms with Gasteiger partial charge in [0.25, 0.3) is 0 Å². The Kier molecular flexibility index (Phi) is 5.45. The van der Waals surface area contributed by atoms with Crippen molar-refractivity contribution in [2.45, 2.75) is 12.3 Å². The van der Waals surface area contributed by atoms with Crippen molar-refractivity contribution < 1.29 is 14.2 Å². The molecule has 1 saturated heterocycles. The fourth-order valence-electron chi connectivity index (χ4n) is 3.18. The van der Waals surface area contributed by atoms with Crippen LogP contribution in [0.2, 0.25) is 0 Å². The Morgan fingerprint density at radius 1 is 1.16 bits per heavy atom. The zero-order chi connectivity index (χ0) is 18.0. The second-order valence-corrected chi connectivity index (χ2v) is 6.46. The van der Waals surface area contributed by atoms with Crippen LogP contribution in [-0.4, -0.2) is 69.3 Å². The molecule has 0 spiro atoms. The van der Waals surface area contributed by atoms with Crippen LogP contribution in [0.15, 0.2) is 17.2 Å². The van der Waals surface area contributed by atoms with Gasteiger partial charge in [0, 0.05) is 25.2 Å². The monoisotopic (exact) mass is 367 g/mol. The molecule has 138 valence electrons. The molecule has 2 N–H and O–H groups in total. The quantitative estimate of drug-likeness (QED) is 0.661. The van der Waals surface area contributed by atoms with Gasteiger partial charge >= 0.3 is 0 Å². The molecule has 8 nitrogen and oxygen atoms in total. The van der Waals surface area contributed by atoms with E-state index in [1.165, 1.54) is 0 Å². The number of ether oxygens (including phenoxy) is 3. The topological polar surface area (TPSA) is 70.6 Å². The molecule has 1 aromatic rings. The molecule has 2 atom stereocenters. The maximum absolute atomic E-state index is 5.47. The summed E-state index contributed by atoms with van der Waals surface area (Å²) in [5.41, 5.74) is 0.956. The van der Waals surface area contributed by atoms with Gasteiger partial charge in [-0.3, -0.25) is 5.32 Å². The van der Waals surface area contributed by atoms with E-state index in [1.807, 2.05) is 17.1 Å². The lowest BCUT2D eigenvalue weighted by atomic mass is 10.1. The maximum atomic E-state index is 5.47. The average molecular weight is 367 g/mol. The first-order valence-electron chi connectivity index (χ1n) is 8.11. The highest BCUT2D eigenvalue weighted by molar-refractivity contribution is 7.96. The second kappa shape index (κ2) is 7.59. The highest BCUT2D eigenvalue weighted by Gasteiger charge is 2.34. The van der Waals surface area contributed by atoms with Gasteiger partial charge in [-0.1, -0.05) is 0 Å². The third kappa shape index (κ3) is 3.58. The number of likely N-dealkylation sites (N-methyl/N-ethyl adjacent to an activating group) is 1. The standard InChI is InChI=1S/C16H25N5O3S/c1-20-6-5-17-13(9-20)21-15(18-16(25)19-21)10-7-11(22-2)14(24-4)12(8-10)23-3/h7-8,13,15,17H,5-6,9H2,1-4H3,(H2,18,19,25). The first-order valence-corrected chi connectivity index (χ1v) is 8.56. The minimum Gasteiger partial charge on any atom is -0.493 e. The number of nitrogens with one attached hydrogen (secondary N) is 2. The summed E-state index contributed by atoms with van der Waals surface area (Å²) in [6.07, 6.45) is -0.0924. The van der Waals surface area contributed by atoms with Gasteiger partial charge < -0.3 is 24.4 Å². The Hall–Kier alpha value is -1.84. The molecular formula is C16H25N5O3S. The van der Waals surface area contributed by atoms with Gasteiger partial charge in [0.2, 0.25) is 5.75 Å². The van der Waals surface area contributed by atoms with E-state index < -0.39 is 0 Å².